The third-order valence-electron chi connectivity index (χ3n) is 2.30. The van der Waals surface area contributed by atoms with Crippen LogP contribution in [0.15, 0.2) is 27.6 Å². The molecule has 1 aromatic rings. The molecule has 0 aliphatic rings. The molecule has 0 unspecified atom stereocenters. The van der Waals surface area contributed by atoms with Crippen LogP contribution in [0.3, 0.4) is 0 Å². The Kier molecular flexibility index (Phi) is 4.85. The summed E-state index contributed by atoms with van der Waals surface area (Å²) in [4.78, 5) is 11.5. The molecule has 1 atom stereocenters. The molecule has 8 heteroatoms. The number of hydrogen-bond donors (Lipinski definition) is 3. The van der Waals surface area contributed by atoms with Gasteiger partial charge in [-0.1, -0.05) is 6.92 Å². The molecule has 0 bridgehead atoms. The standard InChI is InChI=1S/C10H14BrN3O3S/c1-2-8(12)10(15)14-9-4-3-6(5-7(9)11)18(13,16)17/h3-5,8H,2,12H2,1H3,(H,14,15)(H2,13,16,17)/t8-/m0/s1. The van der Waals surface area contributed by atoms with E-state index in [0.29, 0.717) is 16.6 Å². The number of amides is 1. The van der Waals surface area contributed by atoms with E-state index >= 15 is 0 Å². The number of carbonyl (C=O) groups is 1. The van der Waals surface area contributed by atoms with Gasteiger partial charge in [0.1, 0.15) is 0 Å². The first-order valence-electron chi connectivity index (χ1n) is 5.14. The van der Waals surface area contributed by atoms with Crippen LogP contribution < -0.4 is 16.2 Å². The van der Waals surface area contributed by atoms with Crippen molar-refractivity contribution in [1.29, 1.82) is 0 Å². The highest BCUT2D eigenvalue weighted by atomic mass is 79.9. The van der Waals surface area contributed by atoms with Crippen LogP contribution >= 0.6 is 15.9 Å². The average Bonchev–Trinajstić information content (AvgIpc) is 2.29. The van der Waals surface area contributed by atoms with E-state index in [4.69, 9.17) is 10.9 Å². The van der Waals surface area contributed by atoms with E-state index in [-0.39, 0.29) is 10.8 Å². The Balaban J connectivity index is 2.97. The van der Waals surface area contributed by atoms with Crippen LogP contribution in [0.5, 0.6) is 0 Å². The molecule has 0 aliphatic heterocycles. The highest BCUT2D eigenvalue weighted by molar-refractivity contribution is 9.10. The molecular formula is C10H14BrN3O3S. The fourth-order valence-electron chi connectivity index (χ4n) is 1.19. The van der Waals surface area contributed by atoms with Gasteiger partial charge in [0.25, 0.3) is 0 Å². The van der Waals surface area contributed by atoms with Crippen LogP contribution in [-0.2, 0) is 14.8 Å². The Morgan fingerprint density at radius 3 is 2.56 bits per heavy atom. The normalized spacial score (nSPS) is 13.1. The molecule has 0 aliphatic carbocycles. The minimum absolute atomic E-state index is 0.0350. The van der Waals surface area contributed by atoms with Gasteiger partial charge in [-0.05, 0) is 40.5 Å². The molecule has 1 aromatic carbocycles. The van der Waals surface area contributed by atoms with E-state index in [1.807, 2.05) is 0 Å². The van der Waals surface area contributed by atoms with Gasteiger partial charge in [-0.3, -0.25) is 4.79 Å². The molecule has 1 amide bonds. The van der Waals surface area contributed by atoms with Gasteiger partial charge in [0.15, 0.2) is 0 Å². The minimum Gasteiger partial charge on any atom is -0.324 e. The Hall–Kier alpha value is -0.960. The molecule has 0 fully saturated rings. The van der Waals surface area contributed by atoms with Crippen molar-refractivity contribution in [2.45, 2.75) is 24.3 Å². The van der Waals surface area contributed by atoms with Crippen molar-refractivity contribution in [3.8, 4) is 0 Å². The second-order valence-corrected chi connectivity index (χ2v) is 6.11. The van der Waals surface area contributed by atoms with Gasteiger partial charge < -0.3 is 11.1 Å². The first-order chi connectivity index (χ1) is 8.25. The number of anilines is 1. The smallest absolute Gasteiger partial charge is 0.241 e. The second-order valence-electron chi connectivity index (χ2n) is 3.69. The van der Waals surface area contributed by atoms with Crippen LogP contribution in [0.1, 0.15) is 13.3 Å². The lowest BCUT2D eigenvalue weighted by molar-refractivity contribution is -0.117. The third kappa shape index (κ3) is 3.77. The Labute approximate surface area is 114 Å². The van der Waals surface area contributed by atoms with Gasteiger partial charge in [-0.2, -0.15) is 0 Å². The Morgan fingerprint density at radius 1 is 1.50 bits per heavy atom. The van der Waals surface area contributed by atoms with Gasteiger partial charge in [0.05, 0.1) is 16.6 Å². The number of nitrogens with one attached hydrogen (secondary N) is 1. The zero-order chi connectivity index (χ0) is 13.9. The number of sulfonamides is 1. The number of hydrogen-bond acceptors (Lipinski definition) is 4. The molecule has 0 heterocycles. The van der Waals surface area contributed by atoms with E-state index in [1.165, 1.54) is 18.2 Å². The van der Waals surface area contributed by atoms with E-state index in [9.17, 15) is 13.2 Å². The Bertz CT molecular complexity index is 559. The molecule has 100 valence electrons. The van der Waals surface area contributed by atoms with E-state index in [2.05, 4.69) is 21.2 Å². The summed E-state index contributed by atoms with van der Waals surface area (Å²) in [5.74, 6) is -0.332. The van der Waals surface area contributed by atoms with Crippen LogP contribution in [0.4, 0.5) is 5.69 Å². The van der Waals surface area contributed by atoms with Crippen molar-refractivity contribution < 1.29 is 13.2 Å². The van der Waals surface area contributed by atoms with Gasteiger partial charge in [0.2, 0.25) is 15.9 Å². The van der Waals surface area contributed by atoms with E-state index in [1.54, 1.807) is 6.92 Å². The minimum atomic E-state index is -3.76. The summed E-state index contributed by atoms with van der Waals surface area (Å²) in [6.45, 7) is 1.80. The van der Waals surface area contributed by atoms with E-state index in [0.717, 1.165) is 0 Å². The molecule has 1 rings (SSSR count). The first-order valence-corrected chi connectivity index (χ1v) is 7.48. The topological polar surface area (TPSA) is 115 Å². The van der Waals surface area contributed by atoms with Crippen LogP contribution in [0, 0.1) is 0 Å². The van der Waals surface area contributed by atoms with Gasteiger partial charge in [-0.15, -0.1) is 0 Å². The largest absolute Gasteiger partial charge is 0.324 e. The van der Waals surface area contributed by atoms with Crippen molar-refractivity contribution in [2.75, 3.05) is 5.32 Å². The lowest BCUT2D eigenvalue weighted by Gasteiger charge is -2.12. The number of benzene rings is 1. The summed E-state index contributed by atoms with van der Waals surface area (Å²) in [5.41, 5.74) is 6.01. The fourth-order valence-corrected chi connectivity index (χ4v) is 2.35. The van der Waals surface area contributed by atoms with Crippen molar-refractivity contribution in [3.63, 3.8) is 0 Å². The average molecular weight is 336 g/mol. The summed E-state index contributed by atoms with van der Waals surface area (Å²) in [6, 6.07) is 3.48. The predicted octanol–water partition coefficient (Wildman–Crippen LogP) is 0.772. The maximum Gasteiger partial charge on any atom is 0.241 e. The number of carbonyl (C=O) groups excluding carboxylic acids is 1. The highest BCUT2D eigenvalue weighted by Gasteiger charge is 2.14. The number of nitrogens with two attached hydrogens (primary N) is 2. The monoisotopic (exact) mass is 335 g/mol. The number of halogens is 1. The molecule has 18 heavy (non-hydrogen) atoms. The molecule has 6 nitrogen and oxygen atoms in total. The zero-order valence-corrected chi connectivity index (χ0v) is 12.1. The lowest BCUT2D eigenvalue weighted by Crippen LogP contribution is -2.34. The van der Waals surface area contributed by atoms with Crippen molar-refractivity contribution in [3.05, 3.63) is 22.7 Å². The molecule has 0 saturated heterocycles. The van der Waals surface area contributed by atoms with Crippen molar-refractivity contribution in [2.24, 2.45) is 10.9 Å². The SMILES string of the molecule is CC[C@H](N)C(=O)Nc1ccc(S(N)(=O)=O)cc1Br. The maximum atomic E-state index is 11.6. The quantitative estimate of drug-likeness (QED) is 0.753. The molecule has 0 radical (unpaired) electrons. The summed E-state index contributed by atoms with van der Waals surface area (Å²) in [7, 11) is -3.76. The predicted molar refractivity (Wildman–Crippen MR) is 72.4 cm³/mol. The Morgan fingerprint density at radius 2 is 2.11 bits per heavy atom. The van der Waals surface area contributed by atoms with Crippen LogP contribution in [0.2, 0.25) is 0 Å². The fraction of sp³-hybridized carbons (Fsp3) is 0.300. The van der Waals surface area contributed by atoms with Gasteiger partial charge >= 0.3 is 0 Å². The summed E-state index contributed by atoms with van der Waals surface area (Å²) in [6.07, 6.45) is 0.513. The molecule has 0 saturated carbocycles. The molecule has 5 N–H and O–H groups in total. The second kappa shape index (κ2) is 5.79. The highest BCUT2D eigenvalue weighted by Crippen LogP contribution is 2.25. The summed E-state index contributed by atoms with van der Waals surface area (Å²) >= 11 is 3.16. The molecule has 0 spiro atoms. The summed E-state index contributed by atoms with van der Waals surface area (Å²) < 4.78 is 22.7. The maximum absolute atomic E-state index is 11.6. The zero-order valence-electron chi connectivity index (χ0n) is 9.68. The van der Waals surface area contributed by atoms with Crippen molar-refractivity contribution in [1.82, 2.24) is 0 Å². The summed E-state index contributed by atoms with van der Waals surface area (Å²) in [5, 5.41) is 7.58. The lowest BCUT2D eigenvalue weighted by atomic mass is 10.2. The number of primary sulfonamides is 1. The van der Waals surface area contributed by atoms with Crippen LogP contribution in [0.25, 0.3) is 0 Å². The third-order valence-corrected chi connectivity index (χ3v) is 3.87. The van der Waals surface area contributed by atoms with E-state index < -0.39 is 16.1 Å². The molecule has 0 aromatic heterocycles. The van der Waals surface area contributed by atoms with Gasteiger partial charge in [-0.25, -0.2) is 13.6 Å². The van der Waals surface area contributed by atoms with Crippen LogP contribution in [-0.4, -0.2) is 20.4 Å². The number of rotatable bonds is 4. The first kappa shape index (κ1) is 15.1. The molecular weight excluding hydrogens is 322 g/mol. The van der Waals surface area contributed by atoms with Gasteiger partial charge in [0, 0.05) is 4.47 Å². The van der Waals surface area contributed by atoms with Crippen molar-refractivity contribution >= 4 is 37.5 Å².